The molecule has 178 valence electrons. The summed E-state index contributed by atoms with van der Waals surface area (Å²) >= 11 is 0. The van der Waals surface area contributed by atoms with Crippen LogP contribution >= 0.6 is 0 Å². The summed E-state index contributed by atoms with van der Waals surface area (Å²) in [5.74, 6) is -2.26. The van der Waals surface area contributed by atoms with Gasteiger partial charge in [0.15, 0.2) is 0 Å². The summed E-state index contributed by atoms with van der Waals surface area (Å²) in [6.45, 7) is 0.913. The number of hydrogen-bond donors (Lipinski definition) is 1. The van der Waals surface area contributed by atoms with E-state index in [9.17, 15) is 13.2 Å². The molecule has 2 atom stereocenters. The van der Waals surface area contributed by atoms with Gasteiger partial charge in [-0.2, -0.15) is 4.31 Å². The number of sulfonamides is 1. The van der Waals surface area contributed by atoms with Crippen molar-refractivity contribution in [2.24, 2.45) is 5.73 Å². The lowest BCUT2D eigenvalue weighted by Gasteiger charge is -2.41. The van der Waals surface area contributed by atoms with Gasteiger partial charge in [0.25, 0.3) is 0 Å². The molecule has 2 saturated heterocycles. The van der Waals surface area contributed by atoms with E-state index in [-0.39, 0.29) is 36.9 Å². The minimum absolute atomic E-state index is 0.0493. The Morgan fingerprint density at radius 3 is 2.48 bits per heavy atom. The minimum Gasteiger partial charge on any atom is -0.375 e. The lowest BCUT2D eigenvalue weighted by Crippen LogP contribution is -2.51. The van der Waals surface area contributed by atoms with Crippen molar-refractivity contribution in [3.05, 3.63) is 70.8 Å². The van der Waals surface area contributed by atoms with Crippen molar-refractivity contribution in [2.75, 3.05) is 19.8 Å². The number of nitrogens with zero attached hydrogens (tertiary/aromatic N) is 1. The zero-order chi connectivity index (χ0) is 23.8. The van der Waals surface area contributed by atoms with E-state index in [0.29, 0.717) is 18.4 Å². The first-order valence-electron chi connectivity index (χ1n) is 10.7. The summed E-state index contributed by atoms with van der Waals surface area (Å²) in [6.07, 6.45) is 1.06. The fourth-order valence-corrected chi connectivity index (χ4v) is 6.58. The van der Waals surface area contributed by atoms with Gasteiger partial charge in [-0.15, -0.1) is 0 Å². The summed E-state index contributed by atoms with van der Waals surface area (Å²) in [4.78, 5) is 11.1. The maximum Gasteiger partial charge on any atom is 0.243 e. The maximum absolute atomic E-state index is 15.1. The van der Waals surface area contributed by atoms with Gasteiger partial charge in [-0.1, -0.05) is 30.3 Å². The molecular formula is C23H26F2N2O5S. The number of nitrogens with two attached hydrogens (primary N) is 1. The van der Waals surface area contributed by atoms with Gasteiger partial charge in [-0.25, -0.2) is 17.2 Å². The number of carbonyl (C=O) groups excluding carboxylic acids is 1. The van der Waals surface area contributed by atoms with E-state index in [0.717, 1.165) is 12.1 Å². The number of carbonyl (C=O) groups is 1. The second-order valence-corrected chi connectivity index (χ2v) is 10.6. The van der Waals surface area contributed by atoms with E-state index in [4.69, 9.17) is 15.2 Å². The third-order valence-corrected chi connectivity index (χ3v) is 8.68. The summed E-state index contributed by atoms with van der Waals surface area (Å²) < 4.78 is 68.7. The van der Waals surface area contributed by atoms with E-state index in [1.807, 2.05) is 6.07 Å². The first-order valence-corrected chi connectivity index (χ1v) is 12.2. The number of primary amides is 1. The Labute approximate surface area is 191 Å². The number of amides is 1. The minimum atomic E-state index is -3.80. The van der Waals surface area contributed by atoms with Crippen LogP contribution in [0.15, 0.2) is 42.5 Å². The van der Waals surface area contributed by atoms with Gasteiger partial charge in [-0.05, 0) is 37.5 Å². The van der Waals surface area contributed by atoms with Crippen LogP contribution in [0.2, 0.25) is 0 Å². The van der Waals surface area contributed by atoms with Crippen LogP contribution in [-0.2, 0) is 36.4 Å². The highest BCUT2D eigenvalue weighted by molar-refractivity contribution is 7.89. The SMILES string of the molecule is CC1CCC(c2ccccc2)S(=O)(=O)N1Cc1cc(F)c(C2(OCC(N)=O)COC2)cc1F. The molecule has 0 bridgehead atoms. The van der Waals surface area contributed by atoms with E-state index < -0.39 is 45.0 Å². The molecule has 2 aromatic rings. The third kappa shape index (κ3) is 4.52. The molecule has 1 amide bonds. The molecule has 33 heavy (non-hydrogen) atoms. The van der Waals surface area contributed by atoms with Crippen LogP contribution in [0, 0.1) is 11.6 Å². The molecule has 0 aliphatic carbocycles. The predicted octanol–water partition coefficient (Wildman–Crippen LogP) is 2.75. The highest BCUT2D eigenvalue weighted by Gasteiger charge is 2.45. The first kappa shape index (κ1) is 23.7. The standard InChI is InChI=1S/C23H26F2N2O5S/c1-15-7-8-21(16-5-3-2-4-6-16)33(29,30)27(15)11-17-9-20(25)18(10-19(17)24)23(13-31-14-23)32-12-22(26)28/h2-6,9-10,15,21H,7-8,11-14H2,1H3,(H2,26,28). The molecule has 2 aliphatic heterocycles. The van der Waals surface area contributed by atoms with Crippen LogP contribution in [0.1, 0.15) is 41.7 Å². The van der Waals surface area contributed by atoms with Crippen molar-refractivity contribution in [3.63, 3.8) is 0 Å². The number of hydrogen-bond acceptors (Lipinski definition) is 5. The number of rotatable bonds is 7. The van der Waals surface area contributed by atoms with Crippen LogP contribution in [0.3, 0.4) is 0 Å². The highest BCUT2D eigenvalue weighted by Crippen LogP contribution is 2.40. The fourth-order valence-electron chi connectivity index (χ4n) is 4.39. The average Bonchev–Trinajstić information content (AvgIpc) is 2.73. The Kier molecular flexibility index (Phi) is 6.54. The predicted molar refractivity (Wildman–Crippen MR) is 116 cm³/mol. The van der Waals surface area contributed by atoms with Crippen molar-refractivity contribution in [3.8, 4) is 0 Å². The van der Waals surface area contributed by atoms with Gasteiger partial charge in [0.05, 0.1) is 13.2 Å². The largest absolute Gasteiger partial charge is 0.375 e. The molecule has 2 aromatic carbocycles. The van der Waals surface area contributed by atoms with Gasteiger partial charge in [0.1, 0.15) is 29.1 Å². The fraction of sp³-hybridized carbons (Fsp3) is 0.435. The van der Waals surface area contributed by atoms with Gasteiger partial charge in [0.2, 0.25) is 15.9 Å². The van der Waals surface area contributed by atoms with E-state index >= 15 is 8.78 Å². The molecular weight excluding hydrogens is 454 g/mol. The topological polar surface area (TPSA) is 98.9 Å². The third-order valence-electron chi connectivity index (χ3n) is 6.31. The summed E-state index contributed by atoms with van der Waals surface area (Å²) in [6, 6.07) is 10.5. The molecule has 0 spiro atoms. The molecule has 2 fully saturated rings. The van der Waals surface area contributed by atoms with Crippen molar-refractivity contribution in [1.82, 2.24) is 4.31 Å². The second-order valence-electron chi connectivity index (χ2n) is 8.58. The zero-order valence-electron chi connectivity index (χ0n) is 18.2. The van der Waals surface area contributed by atoms with Crippen LogP contribution in [0.4, 0.5) is 8.78 Å². The average molecular weight is 481 g/mol. The lowest BCUT2D eigenvalue weighted by molar-refractivity contribution is -0.217. The lowest BCUT2D eigenvalue weighted by atomic mass is 9.90. The molecule has 0 saturated carbocycles. The highest BCUT2D eigenvalue weighted by atomic mass is 32.2. The summed E-state index contributed by atoms with van der Waals surface area (Å²) in [5, 5.41) is -0.736. The Morgan fingerprint density at radius 1 is 1.18 bits per heavy atom. The normalized spacial score (nSPS) is 24.2. The number of halogens is 2. The number of ether oxygens (including phenoxy) is 2. The Hall–Kier alpha value is -2.40. The van der Waals surface area contributed by atoms with Crippen LogP contribution in [-0.4, -0.2) is 44.5 Å². The molecule has 2 unspecified atom stereocenters. The van der Waals surface area contributed by atoms with Crippen molar-refractivity contribution in [2.45, 2.75) is 43.2 Å². The zero-order valence-corrected chi connectivity index (χ0v) is 19.0. The van der Waals surface area contributed by atoms with E-state index in [1.54, 1.807) is 31.2 Å². The van der Waals surface area contributed by atoms with Gasteiger partial charge < -0.3 is 15.2 Å². The molecule has 10 heteroatoms. The van der Waals surface area contributed by atoms with E-state index in [2.05, 4.69) is 0 Å². The van der Waals surface area contributed by atoms with Crippen LogP contribution in [0.5, 0.6) is 0 Å². The monoisotopic (exact) mass is 480 g/mol. The Balaban J connectivity index is 1.62. The molecule has 2 aliphatic rings. The Morgan fingerprint density at radius 2 is 1.88 bits per heavy atom. The summed E-state index contributed by atoms with van der Waals surface area (Å²) in [7, 11) is -3.80. The van der Waals surface area contributed by atoms with Crippen LogP contribution < -0.4 is 5.73 Å². The van der Waals surface area contributed by atoms with Gasteiger partial charge in [-0.3, -0.25) is 4.79 Å². The van der Waals surface area contributed by atoms with Crippen molar-refractivity contribution in [1.29, 1.82) is 0 Å². The molecule has 7 nitrogen and oxygen atoms in total. The number of benzene rings is 2. The van der Waals surface area contributed by atoms with Crippen LogP contribution in [0.25, 0.3) is 0 Å². The summed E-state index contributed by atoms with van der Waals surface area (Å²) in [5.41, 5.74) is 4.31. The van der Waals surface area contributed by atoms with Gasteiger partial charge in [0, 0.05) is 23.7 Å². The van der Waals surface area contributed by atoms with E-state index in [1.165, 1.54) is 4.31 Å². The first-order chi connectivity index (χ1) is 15.6. The quantitative estimate of drug-likeness (QED) is 0.657. The van der Waals surface area contributed by atoms with Crippen molar-refractivity contribution < 1.29 is 31.5 Å². The van der Waals surface area contributed by atoms with Crippen molar-refractivity contribution >= 4 is 15.9 Å². The van der Waals surface area contributed by atoms with Gasteiger partial charge >= 0.3 is 0 Å². The smallest absolute Gasteiger partial charge is 0.243 e. The molecule has 2 heterocycles. The second kappa shape index (κ2) is 9.09. The molecule has 0 aromatic heterocycles. The molecule has 0 radical (unpaired) electrons. The molecule has 4 rings (SSSR count). The molecule has 2 N–H and O–H groups in total. The Bertz CT molecular complexity index is 1140. The maximum atomic E-state index is 15.1.